The van der Waals surface area contributed by atoms with Gasteiger partial charge in [0.15, 0.2) is 17.3 Å². The Morgan fingerprint density at radius 2 is 2.10 bits per heavy atom. The van der Waals surface area contributed by atoms with Crippen LogP contribution in [0.15, 0.2) is 24.3 Å². The summed E-state index contributed by atoms with van der Waals surface area (Å²) in [5, 5.41) is 0. The number of nitrogens with zero attached hydrogens (tertiary/aromatic N) is 1. The minimum atomic E-state index is -1.13. The van der Waals surface area contributed by atoms with Crippen LogP contribution in [-0.2, 0) is 4.74 Å². The molecule has 0 aliphatic heterocycles. The maximum Gasteiger partial charge on any atom is 0.357 e. The summed E-state index contributed by atoms with van der Waals surface area (Å²) in [5.74, 6) is -2.98. The molecule has 0 spiro atoms. The molecule has 0 unspecified atom stereocenters. The fourth-order valence-electron chi connectivity index (χ4n) is 1.63. The van der Waals surface area contributed by atoms with E-state index >= 15 is 0 Å². The van der Waals surface area contributed by atoms with E-state index in [1.54, 1.807) is 39.0 Å². The molecule has 0 saturated heterocycles. The molecule has 0 amide bonds. The van der Waals surface area contributed by atoms with Crippen LogP contribution in [0.1, 0.15) is 50.3 Å². The minimum absolute atomic E-state index is 0.196. The van der Waals surface area contributed by atoms with Crippen LogP contribution >= 0.6 is 0 Å². The van der Waals surface area contributed by atoms with Gasteiger partial charge in [0, 0.05) is 6.07 Å². The van der Waals surface area contributed by atoms with Gasteiger partial charge in [-0.05, 0) is 32.8 Å². The van der Waals surface area contributed by atoms with Gasteiger partial charge in [-0.1, -0.05) is 25.2 Å². The lowest BCUT2D eigenvalue weighted by molar-refractivity contribution is 0.0370. The van der Waals surface area contributed by atoms with Gasteiger partial charge < -0.3 is 4.74 Å². The van der Waals surface area contributed by atoms with Crippen LogP contribution in [0.2, 0.25) is 0 Å². The van der Waals surface area contributed by atoms with Gasteiger partial charge in [0.1, 0.15) is 5.69 Å². The van der Waals surface area contributed by atoms with Crippen molar-refractivity contribution in [1.29, 1.82) is 0 Å². The predicted molar refractivity (Wildman–Crippen MR) is 77.8 cm³/mol. The zero-order valence-electron chi connectivity index (χ0n) is 12.6. The molecular formula is C16H19F2NO2. The van der Waals surface area contributed by atoms with Crippen LogP contribution in [0.4, 0.5) is 8.78 Å². The van der Waals surface area contributed by atoms with Crippen LogP contribution in [0.25, 0.3) is 5.57 Å². The summed E-state index contributed by atoms with van der Waals surface area (Å²) in [6, 6.07) is 0.750. The van der Waals surface area contributed by atoms with Crippen molar-refractivity contribution in [2.75, 3.05) is 0 Å². The summed E-state index contributed by atoms with van der Waals surface area (Å²) in [6.45, 7) is 6.94. The van der Waals surface area contributed by atoms with Crippen LogP contribution in [-0.4, -0.2) is 17.1 Å². The summed E-state index contributed by atoms with van der Waals surface area (Å²) in [7, 11) is 0. The average molecular weight is 295 g/mol. The molecule has 0 atom stereocenters. The number of aromatic nitrogens is 1. The third-order valence-corrected chi connectivity index (χ3v) is 2.58. The Hall–Kier alpha value is -2.04. The topological polar surface area (TPSA) is 39.2 Å². The van der Waals surface area contributed by atoms with Gasteiger partial charge in [-0.25, -0.2) is 18.6 Å². The van der Waals surface area contributed by atoms with E-state index in [0.717, 1.165) is 12.5 Å². The molecule has 21 heavy (non-hydrogen) atoms. The Bertz CT molecular complexity index is 578. The number of pyridine rings is 1. The zero-order chi connectivity index (χ0) is 16.0. The molecule has 1 heterocycles. The highest BCUT2D eigenvalue weighted by molar-refractivity contribution is 5.88. The van der Waals surface area contributed by atoms with E-state index in [4.69, 9.17) is 4.74 Å². The lowest BCUT2D eigenvalue weighted by atomic mass is 10.1. The summed E-state index contributed by atoms with van der Waals surface area (Å²) < 4.78 is 32.5. The normalized spacial score (nSPS) is 12.2. The Morgan fingerprint density at radius 3 is 2.62 bits per heavy atom. The molecule has 0 aliphatic rings. The first-order valence-corrected chi connectivity index (χ1v) is 6.80. The Kier molecular flexibility index (Phi) is 6.21. The number of carbonyl (C=O) groups excluding carboxylic acids is 1. The number of carbonyl (C=O) groups is 1. The predicted octanol–water partition coefficient (Wildman–Crippen LogP) is 4.29. The molecule has 0 saturated carbocycles. The quantitative estimate of drug-likeness (QED) is 0.600. The van der Waals surface area contributed by atoms with Gasteiger partial charge in [0.05, 0.1) is 6.10 Å². The molecule has 0 bridgehead atoms. The second-order valence-electron chi connectivity index (χ2n) is 4.66. The average Bonchev–Trinajstić information content (AvgIpc) is 2.42. The third kappa shape index (κ3) is 4.48. The van der Waals surface area contributed by atoms with Crippen molar-refractivity contribution in [3.63, 3.8) is 0 Å². The van der Waals surface area contributed by atoms with Gasteiger partial charge in [-0.2, -0.15) is 0 Å². The van der Waals surface area contributed by atoms with Gasteiger partial charge in [0.25, 0.3) is 0 Å². The van der Waals surface area contributed by atoms with E-state index in [1.165, 1.54) is 0 Å². The molecule has 5 heteroatoms. The number of allylic oxidation sites excluding steroid dienone is 4. The molecule has 0 N–H and O–H groups in total. The number of halogens is 2. The zero-order valence-corrected chi connectivity index (χ0v) is 12.6. The number of hydrogen-bond donors (Lipinski definition) is 0. The third-order valence-electron chi connectivity index (χ3n) is 2.58. The standard InChI is InChI=1S/C16H19F2NO2/c1-5-7-8-11(6-2)15-14(18)12(17)9-13(19-15)16(20)21-10(3)4/h6-10H,5H2,1-4H3. The van der Waals surface area contributed by atoms with Crippen LogP contribution < -0.4 is 0 Å². The largest absolute Gasteiger partial charge is 0.458 e. The molecular weight excluding hydrogens is 276 g/mol. The van der Waals surface area contributed by atoms with E-state index in [1.807, 2.05) is 6.92 Å². The van der Waals surface area contributed by atoms with Crippen molar-refractivity contribution in [3.05, 3.63) is 47.3 Å². The van der Waals surface area contributed by atoms with Gasteiger partial charge in [-0.3, -0.25) is 0 Å². The molecule has 0 aromatic carbocycles. The minimum Gasteiger partial charge on any atom is -0.458 e. The fourth-order valence-corrected chi connectivity index (χ4v) is 1.63. The molecule has 1 aromatic heterocycles. The van der Waals surface area contributed by atoms with E-state index < -0.39 is 17.6 Å². The number of hydrogen-bond acceptors (Lipinski definition) is 3. The SMILES string of the molecule is CC=C(C=CCC)c1nc(C(=O)OC(C)C)cc(F)c1F. The number of esters is 1. The lowest BCUT2D eigenvalue weighted by Gasteiger charge is -2.10. The van der Waals surface area contributed by atoms with Crippen LogP contribution in [0.5, 0.6) is 0 Å². The van der Waals surface area contributed by atoms with Crippen molar-refractivity contribution >= 4 is 11.5 Å². The lowest BCUT2D eigenvalue weighted by Crippen LogP contribution is -2.15. The summed E-state index contributed by atoms with van der Waals surface area (Å²) in [4.78, 5) is 15.7. The second kappa shape index (κ2) is 7.67. The molecule has 0 fully saturated rings. The summed E-state index contributed by atoms with van der Waals surface area (Å²) in [6.07, 6.45) is 5.43. The summed E-state index contributed by atoms with van der Waals surface area (Å²) in [5.41, 5.74) is -0.0350. The van der Waals surface area contributed by atoms with E-state index in [0.29, 0.717) is 5.57 Å². The highest BCUT2D eigenvalue weighted by Gasteiger charge is 2.19. The molecule has 0 radical (unpaired) electrons. The van der Waals surface area contributed by atoms with Gasteiger partial charge in [0.2, 0.25) is 0 Å². The van der Waals surface area contributed by atoms with Crippen molar-refractivity contribution < 1.29 is 18.3 Å². The maximum absolute atomic E-state index is 13.9. The van der Waals surface area contributed by atoms with Crippen molar-refractivity contribution in [1.82, 2.24) is 4.98 Å². The first kappa shape index (κ1) is 17.0. The second-order valence-corrected chi connectivity index (χ2v) is 4.66. The van der Waals surface area contributed by atoms with Gasteiger partial charge in [-0.15, -0.1) is 0 Å². The van der Waals surface area contributed by atoms with E-state index in [2.05, 4.69) is 4.98 Å². The molecule has 1 rings (SSSR count). The van der Waals surface area contributed by atoms with Crippen LogP contribution in [0, 0.1) is 11.6 Å². The Morgan fingerprint density at radius 1 is 1.43 bits per heavy atom. The number of rotatable bonds is 5. The smallest absolute Gasteiger partial charge is 0.357 e. The summed E-state index contributed by atoms with van der Waals surface area (Å²) >= 11 is 0. The van der Waals surface area contributed by atoms with Crippen molar-refractivity contribution in [3.8, 4) is 0 Å². The highest BCUT2D eigenvalue weighted by atomic mass is 19.2. The maximum atomic E-state index is 13.9. The highest BCUT2D eigenvalue weighted by Crippen LogP contribution is 2.21. The first-order chi connectivity index (χ1) is 9.90. The van der Waals surface area contributed by atoms with Crippen molar-refractivity contribution in [2.24, 2.45) is 0 Å². The molecule has 1 aromatic rings. The number of ether oxygens (including phenoxy) is 1. The van der Waals surface area contributed by atoms with E-state index in [-0.39, 0.29) is 17.5 Å². The Labute approximate surface area is 123 Å². The molecule has 0 aliphatic carbocycles. The fraction of sp³-hybridized carbons (Fsp3) is 0.375. The van der Waals surface area contributed by atoms with Gasteiger partial charge >= 0.3 is 5.97 Å². The Balaban J connectivity index is 3.29. The first-order valence-electron chi connectivity index (χ1n) is 6.80. The van der Waals surface area contributed by atoms with Crippen molar-refractivity contribution in [2.45, 2.75) is 40.2 Å². The monoisotopic (exact) mass is 295 g/mol. The molecule has 3 nitrogen and oxygen atoms in total. The van der Waals surface area contributed by atoms with Crippen LogP contribution in [0.3, 0.4) is 0 Å². The van der Waals surface area contributed by atoms with E-state index in [9.17, 15) is 13.6 Å². The molecule has 114 valence electrons.